The van der Waals surface area contributed by atoms with Gasteiger partial charge in [-0.3, -0.25) is 0 Å². The maximum absolute atomic E-state index is 9.20. The van der Waals surface area contributed by atoms with Crippen molar-refractivity contribution in [3.05, 3.63) is 29.8 Å². The number of ether oxygens (including phenoxy) is 2. The molecular formula is C17H28N2O3. The fraction of sp³-hybridized carbons (Fsp3) is 0.647. The molecule has 0 radical (unpaired) electrons. The summed E-state index contributed by atoms with van der Waals surface area (Å²) in [6.07, 6.45) is 0.673. The molecule has 0 aliphatic carbocycles. The Morgan fingerprint density at radius 3 is 2.55 bits per heavy atom. The predicted octanol–water partition coefficient (Wildman–Crippen LogP) is 1.40. The molecule has 0 aromatic heterocycles. The molecule has 1 saturated heterocycles. The van der Waals surface area contributed by atoms with Crippen LogP contribution in [0.15, 0.2) is 24.3 Å². The Hall–Kier alpha value is -1.14. The molecule has 5 nitrogen and oxygen atoms in total. The topological polar surface area (TPSA) is 54.0 Å². The van der Waals surface area contributed by atoms with E-state index in [2.05, 4.69) is 41.4 Å². The Labute approximate surface area is 133 Å². The summed E-state index contributed by atoms with van der Waals surface area (Å²) < 4.78 is 10.6. The highest BCUT2D eigenvalue weighted by Gasteiger charge is 2.22. The van der Waals surface area contributed by atoms with Crippen LogP contribution < -0.4 is 10.2 Å². The number of hydrogen-bond donors (Lipinski definition) is 2. The fourth-order valence-corrected chi connectivity index (χ4v) is 2.74. The number of aliphatic hydroxyl groups excluding tert-OH is 1. The number of nitrogens with one attached hydrogen (secondary N) is 1. The minimum absolute atomic E-state index is 0.156. The van der Waals surface area contributed by atoms with Crippen LogP contribution in [0.5, 0.6) is 0 Å². The number of nitrogens with zero attached hydrogens (tertiary/aromatic N) is 1. The highest BCUT2D eigenvalue weighted by atomic mass is 16.5. The second-order valence-corrected chi connectivity index (χ2v) is 6.09. The minimum atomic E-state index is -0.202. The minimum Gasteiger partial charge on any atom is -0.396 e. The Morgan fingerprint density at radius 1 is 1.27 bits per heavy atom. The normalized spacial score (nSPS) is 18.2. The average Bonchev–Trinajstić information content (AvgIpc) is 2.55. The highest BCUT2D eigenvalue weighted by molar-refractivity contribution is 5.47. The van der Waals surface area contributed by atoms with Crippen molar-refractivity contribution >= 4 is 5.69 Å². The van der Waals surface area contributed by atoms with Gasteiger partial charge in [-0.15, -0.1) is 0 Å². The van der Waals surface area contributed by atoms with Crippen molar-refractivity contribution in [1.82, 2.24) is 5.32 Å². The van der Waals surface area contributed by atoms with Gasteiger partial charge in [-0.05, 0) is 31.0 Å². The fourth-order valence-electron chi connectivity index (χ4n) is 2.74. The molecule has 5 heteroatoms. The van der Waals surface area contributed by atoms with Crippen LogP contribution in [0.1, 0.15) is 18.9 Å². The lowest BCUT2D eigenvalue weighted by molar-refractivity contribution is 0.0969. The number of methoxy groups -OCH3 is 1. The van der Waals surface area contributed by atoms with Crippen molar-refractivity contribution in [2.75, 3.05) is 51.5 Å². The number of morpholine rings is 1. The predicted molar refractivity (Wildman–Crippen MR) is 88.3 cm³/mol. The lowest BCUT2D eigenvalue weighted by Gasteiger charge is -2.30. The first-order chi connectivity index (χ1) is 10.7. The van der Waals surface area contributed by atoms with Crippen LogP contribution in [0.3, 0.4) is 0 Å². The van der Waals surface area contributed by atoms with Crippen LogP contribution in [0.4, 0.5) is 5.69 Å². The van der Waals surface area contributed by atoms with E-state index < -0.39 is 0 Å². The summed E-state index contributed by atoms with van der Waals surface area (Å²) in [6.45, 7) is 7.11. The van der Waals surface area contributed by atoms with Gasteiger partial charge in [0.2, 0.25) is 0 Å². The smallest absolute Gasteiger partial charge is 0.0642 e. The summed E-state index contributed by atoms with van der Waals surface area (Å²) >= 11 is 0. The van der Waals surface area contributed by atoms with E-state index in [0.29, 0.717) is 13.0 Å². The van der Waals surface area contributed by atoms with E-state index in [1.54, 1.807) is 7.11 Å². The second-order valence-electron chi connectivity index (χ2n) is 6.09. The van der Waals surface area contributed by atoms with Crippen LogP contribution in [-0.2, 0) is 16.0 Å². The second kappa shape index (κ2) is 8.48. The third-order valence-corrected chi connectivity index (χ3v) is 4.16. The molecule has 2 N–H and O–H groups in total. The number of aliphatic hydroxyl groups is 1. The van der Waals surface area contributed by atoms with Crippen LogP contribution in [0, 0.1) is 0 Å². The summed E-state index contributed by atoms with van der Waals surface area (Å²) in [7, 11) is 1.69. The van der Waals surface area contributed by atoms with E-state index in [9.17, 15) is 5.11 Å². The molecule has 0 amide bonds. The zero-order valence-corrected chi connectivity index (χ0v) is 13.7. The van der Waals surface area contributed by atoms with Gasteiger partial charge >= 0.3 is 0 Å². The molecule has 2 rings (SSSR count). The molecule has 1 aliphatic rings. The van der Waals surface area contributed by atoms with Crippen molar-refractivity contribution in [3.8, 4) is 0 Å². The summed E-state index contributed by atoms with van der Waals surface area (Å²) in [5, 5.41) is 12.7. The molecule has 1 unspecified atom stereocenters. The number of rotatable bonds is 8. The quantitative estimate of drug-likeness (QED) is 0.760. The lowest BCUT2D eigenvalue weighted by atomic mass is 9.99. The Balaban J connectivity index is 1.90. The monoisotopic (exact) mass is 308 g/mol. The van der Waals surface area contributed by atoms with E-state index in [1.807, 2.05) is 0 Å². The van der Waals surface area contributed by atoms with Crippen molar-refractivity contribution in [2.24, 2.45) is 0 Å². The van der Waals surface area contributed by atoms with E-state index in [4.69, 9.17) is 9.47 Å². The van der Waals surface area contributed by atoms with Gasteiger partial charge in [0.1, 0.15) is 0 Å². The molecule has 1 aliphatic heterocycles. The average molecular weight is 308 g/mol. The molecule has 0 spiro atoms. The first kappa shape index (κ1) is 17.2. The van der Waals surface area contributed by atoms with Crippen molar-refractivity contribution in [2.45, 2.75) is 25.4 Å². The molecule has 0 saturated carbocycles. The van der Waals surface area contributed by atoms with Gasteiger partial charge in [-0.1, -0.05) is 12.1 Å². The zero-order chi connectivity index (χ0) is 15.8. The molecular weight excluding hydrogens is 280 g/mol. The van der Waals surface area contributed by atoms with Gasteiger partial charge in [0.05, 0.1) is 19.8 Å². The molecule has 0 bridgehead atoms. The SMILES string of the molecule is COCC(C)(CCO)NCc1ccc(N2CCOCC2)cc1. The Bertz CT molecular complexity index is 424. The van der Waals surface area contributed by atoms with E-state index in [-0.39, 0.29) is 12.1 Å². The van der Waals surface area contributed by atoms with E-state index >= 15 is 0 Å². The highest BCUT2D eigenvalue weighted by Crippen LogP contribution is 2.17. The van der Waals surface area contributed by atoms with Gasteiger partial charge in [-0.25, -0.2) is 0 Å². The zero-order valence-electron chi connectivity index (χ0n) is 13.7. The third kappa shape index (κ3) is 4.95. The van der Waals surface area contributed by atoms with Gasteiger partial charge in [0, 0.05) is 44.6 Å². The van der Waals surface area contributed by atoms with Gasteiger partial charge in [0.15, 0.2) is 0 Å². The molecule has 1 aromatic carbocycles. The molecule has 1 fully saturated rings. The number of hydrogen-bond acceptors (Lipinski definition) is 5. The van der Waals surface area contributed by atoms with Crippen LogP contribution in [0.2, 0.25) is 0 Å². The van der Waals surface area contributed by atoms with Gasteiger partial charge in [-0.2, -0.15) is 0 Å². The van der Waals surface area contributed by atoms with Crippen LogP contribution in [0.25, 0.3) is 0 Å². The van der Waals surface area contributed by atoms with Crippen molar-refractivity contribution < 1.29 is 14.6 Å². The largest absolute Gasteiger partial charge is 0.396 e. The maximum Gasteiger partial charge on any atom is 0.0642 e. The number of anilines is 1. The van der Waals surface area contributed by atoms with Crippen molar-refractivity contribution in [3.63, 3.8) is 0 Å². The molecule has 1 atom stereocenters. The van der Waals surface area contributed by atoms with Gasteiger partial charge < -0.3 is 24.8 Å². The summed E-state index contributed by atoms with van der Waals surface area (Å²) in [4.78, 5) is 2.35. The molecule has 124 valence electrons. The summed E-state index contributed by atoms with van der Waals surface area (Å²) in [6, 6.07) is 8.65. The van der Waals surface area contributed by atoms with Gasteiger partial charge in [0.25, 0.3) is 0 Å². The standard InChI is InChI=1S/C17H28N2O3/c1-17(7-10-20,14-21-2)18-13-15-3-5-16(6-4-15)19-8-11-22-12-9-19/h3-6,18,20H,7-14H2,1-2H3. The van der Waals surface area contributed by atoms with E-state index in [0.717, 1.165) is 32.8 Å². The Morgan fingerprint density at radius 2 is 1.95 bits per heavy atom. The summed E-state index contributed by atoms with van der Waals surface area (Å²) in [5.41, 5.74) is 2.28. The van der Waals surface area contributed by atoms with E-state index in [1.165, 1.54) is 11.3 Å². The maximum atomic E-state index is 9.20. The lowest BCUT2D eigenvalue weighted by Crippen LogP contribution is -2.46. The first-order valence-electron chi connectivity index (χ1n) is 7.93. The third-order valence-electron chi connectivity index (χ3n) is 4.16. The van der Waals surface area contributed by atoms with Crippen molar-refractivity contribution in [1.29, 1.82) is 0 Å². The van der Waals surface area contributed by atoms with Crippen LogP contribution in [-0.4, -0.2) is 57.3 Å². The molecule has 22 heavy (non-hydrogen) atoms. The summed E-state index contributed by atoms with van der Waals surface area (Å²) in [5.74, 6) is 0. The van der Waals surface area contributed by atoms with Crippen LogP contribution >= 0.6 is 0 Å². The molecule has 1 aromatic rings. The number of benzene rings is 1. The first-order valence-corrected chi connectivity index (χ1v) is 7.93. The molecule has 1 heterocycles. The Kier molecular flexibility index (Phi) is 6.64.